The van der Waals surface area contributed by atoms with E-state index in [1.54, 1.807) is 0 Å². The molecular weight excluding hydrogens is 268 g/mol. The zero-order valence-electron chi connectivity index (χ0n) is 12.6. The first-order chi connectivity index (χ1) is 9.74. The number of rotatable bonds is 5. The molecule has 2 heterocycles. The van der Waals surface area contributed by atoms with Crippen LogP contribution in [0.15, 0.2) is 0 Å². The van der Waals surface area contributed by atoms with E-state index < -0.39 is 0 Å². The SMILES string of the molecule is CCSC1CCCC1NC(=O)CC1CC2CCC(C1)N2. The van der Waals surface area contributed by atoms with Gasteiger partial charge in [-0.2, -0.15) is 11.8 Å². The number of amides is 1. The van der Waals surface area contributed by atoms with Gasteiger partial charge >= 0.3 is 0 Å². The lowest BCUT2D eigenvalue weighted by Gasteiger charge is -2.29. The maximum absolute atomic E-state index is 12.3. The monoisotopic (exact) mass is 296 g/mol. The molecule has 2 N–H and O–H groups in total. The van der Waals surface area contributed by atoms with Crippen molar-refractivity contribution in [2.45, 2.75) is 81.7 Å². The second-order valence-electron chi connectivity index (χ2n) is 6.78. The molecule has 0 aromatic carbocycles. The molecular formula is C16H28N2OS. The van der Waals surface area contributed by atoms with Gasteiger partial charge in [0.2, 0.25) is 5.91 Å². The number of hydrogen-bond donors (Lipinski definition) is 2. The number of carbonyl (C=O) groups is 1. The second kappa shape index (κ2) is 6.69. The Balaban J connectivity index is 1.45. The third-order valence-electron chi connectivity index (χ3n) is 5.22. The maximum atomic E-state index is 12.3. The van der Waals surface area contributed by atoms with Crippen molar-refractivity contribution >= 4 is 17.7 Å². The minimum atomic E-state index is 0.310. The van der Waals surface area contributed by atoms with Gasteiger partial charge in [-0.3, -0.25) is 4.79 Å². The minimum absolute atomic E-state index is 0.310. The molecule has 3 rings (SSSR count). The molecule has 3 nitrogen and oxygen atoms in total. The fourth-order valence-electron chi connectivity index (χ4n) is 4.37. The van der Waals surface area contributed by atoms with Crippen LogP contribution < -0.4 is 10.6 Å². The summed E-state index contributed by atoms with van der Waals surface area (Å²) in [4.78, 5) is 12.3. The summed E-state index contributed by atoms with van der Waals surface area (Å²) in [7, 11) is 0. The van der Waals surface area contributed by atoms with E-state index in [4.69, 9.17) is 0 Å². The molecule has 4 heteroatoms. The summed E-state index contributed by atoms with van der Waals surface area (Å²) in [6.07, 6.45) is 9.56. The van der Waals surface area contributed by atoms with Crippen LogP contribution in [0.2, 0.25) is 0 Å². The smallest absolute Gasteiger partial charge is 0.220 e. The van der Waals surface area contributed by atoms with E-state index in [1.807, 2.05) is 11.8 Å². The van der Waals surface area contributed by atoms with Crippen LogP contribution >= 0.6 is 11.8 Å². The molecule has 2 aliphatic heterocycles. The molecule has 0 spiro atoms. The molecule has 1 aliphatic carbocycles. The first-order valence-corrected chi connectivity index (χ1v) is 9.46. The minimum Gasteiger partial charge on any atom is -0.352 e. The average molecular weight is 296 g/mol. The highest BCUT2D eigenvalue weighted by atomic mass is 32.2. The molecule has 4 atom stereocenters. The molecule has 3 aliphatic rings. The Morgan fingerprint density at radius 1 is 1.20 bits per heavy atom. The van der Waals surface area contributed by atoms with Crippen LogP contribution in [0.3, 0.4) is 0 Å². The van der Waals surface area contributed by atoms with Gasteiger partial charge in [-0.05, 0) is 50.2 Å². The van der Waals surface area contributed by atoms with E-state index in [-0.39, 0.29) is 0 Å². The third kappa shape index (κ3) is 3.51. The van der Waals surface area contributed by atoms with Gasteiger partial charge in [0, 0.05) is 29.8 Å². The number of fused-ring (bicyclic) bond motifs is 2. The molecule has 0 radical (unpaired) electrons. The largest absolute Gasteiger partial charge is 0.352 e. The van der Waals surface area contributed by atoms with Crippen molar-refractivity contribution in [1.82, 2.24) is 10.6 Å². The van der Waals surface area contributed by atoms with Crippen molar-refractivity contribution in [3.05, 3.63) is 0 Å². The van der Waals surface area contributed by atoms with Crippen LogP contribution in [0.1, 0.15) is 58.3 Å². The predicted molar refractivity (Wildman–Crippen MR) is 85.0 cm³/mol. The summed E-state index contributed by atoms with van der Waals surface area (Å²) in [5.41, 5.74) is 0. The lowest BCUT2D eigenvalue weighted by Crippen LogP contribution is -2.42. The van der Waals surface area contributed by atoms with Crippen molar-refractivity contribution in [2.24, 2.45) is 5.92 Å². The first kappa shape index (κ1) is 14.7. The summed E-state index contributed by atoms with van der Waals surface area (Å²) in [6.45, 7) is 2.21. The van der Waals surface area contributed by atoms with Crippen LogP contribution in [0.25, 0.3) is 0 Å². The molecule has 2 bridgehead atoms. The zero-order valence-corrected chi connectivity index (χ0v) is 13.4. The second-order valence-corrected chi connectivity index (χ2v) is 8.29. The van der Waals surface area contributed by atoms with Gasteiger partial charge in [0.25, 0.3) is 0 Å². The number of hydrogen-bond acceptors (Lipinski definition) is 3. The van der Waals surface area contributed by atoms with Gasteiger partial charge in [0.1, 0.15) is 0 Å². The molecule has 3 fully saturated rings. The van der Waals surface area contributed by atoms with E-state index in [0.29, 0.717) is 35.2 Å². The molecule has 4 unspecified atom stereocenters. The Bertz CT molecular complexity index is 337. The van der Waals surface area contributed by atoms with Crippen molar-refractivity contribution in [1.29, 1.82) is 0 Å². The summed E-state index contributed by atoms with van der Waals surface area (Å²) in [5.74, 6) is 2.09. The Morgan fingerprint density at radius 2 is 1.95 bits per heavy atom. The molecule has 2 saturated heterocycles. The summed E-state index contributed by atoms with van der Waals surface area (Å²) in [5, 5.41) is 7.65. The Morgan fingerprint density at radius 3 is 2.65 bits per heavy atom. The topological polar surface area (TPSA) is 41.1 Å². The highest BCUT2D eigenvalue weighted by Gasteiger charge is 2.35. The van der Waals surface area contributed by atoms with Crippen molar-refractivity contribution in [3.8, 4) is 0 Å². The quantitative estimate of drug-likeness (QED) is 0.819. The maximum Gasteiger partial charge on any atom is 0.220 e. The number of nitrogens with one attached hydrogen (secondary N) is 2. The van der Waals surface area contributed by atoms with Crippen LogP contribution in [-0.2, 0) is 4.79 Å². The number of thioether (sulfide) groups is 1. The van der Waals surface area contributed by atoms with Crippen molar-refractivity contribution < 1.29 is 4.79 Å². The number of carbonyl (C=O) groups excluding carboxylic acids is 1. The highest BCUT2D eigenvalue weighted by Crippen LogP contribution is 2.33. The Kier molecular flexibility index (Phi) is 4.92. The first-order valence-electron chi connectivity index (χ1n) is 8.41. The van der Waals surface area contributed by atoms with Crippen molar-refractivity contribution in [2.75, 3.05) is 5.75 Å². The highest BCUT2D eigenvalue weighted by molar-refractivity contribution is 7.99. The Hall–Kier alpha value is -0.220. The fraction of sp³-hybridized carbons (Fsp3) is 0.938. The van der Waals surface area contributed by atoms with Gasteiger partial charge in [0.05, 0.1) is 0 Å². The number of piperidine rings is 1. The van der Waals surface area contributed by atoms with E-state index in [1.165, 1.54) is 44.9 Å². The molecule has 0 aromatic heterocycles. The van der Waals surface area contributed by atoms with Gasteiger partial charge in [-0.25, -0.2) is 0 Å². The average Bonchev–Trinajstić information content (AvgIpc) is 2.97. The van der Waals surface area contributed by atoms with Crippen LogP contribution in [0.5, 0.6) is 0 Å². The lowest BCUT2D eigenvalue weighted by atomic mass is 9.89. The molecule has 1 amide bonds. The van der Waals surface area contributed by atoms with E-state index >= 15 is 0 Å². The standard InChI is InChI=1S/C16H28N2OS/c1-2-20-15-5-3-4-14(15)18-16(19)10-11-8-12-6-7-13(9-11)17-12/h11-15,17H,2-10H2,1H3,(H,18,19). The fourth-order valence-corrected chi connectivity index (χ4v) is 5.57. The molecule has 20 heavy (non-hydrogen) atoms. The van der Waals surface area contributed by atoms with Crippen LogP contribution in [0.4, 0.5) is 0 Å². The molecule has 1 saturated carbocycles. The summed E-state index contributed by atoms with van der Waals surface area (Å²) >= 11 is 2.02. The van der Waals surface area contributed by atoms with E-state index in [2.05, 4.69) is 17.6 Å². The van der Waals surface area contributed by atoms with E-state index in [9.17, 15) is 4.79 Å². The summed E-state index contributed by atoms with van der Waals surface area (Å²) in [6, 6.07) is 1.83. The van der Waals surface area contributed by atoms with Crippen molar-refractivity contribution in [3.63, 3.8) is 0 Å². The third-order valence-corrected chi connectivity index (χ3v) is 6.55. The normalized spacial score (nSPS) is 40.0. The lowest BCUT2D eigenvalue weighted by molar-refractivity contribution is -0.122. The van der Waals surface area contributed by atoms with Gasteiger partial charge < -0.3 is 10.6 Å². The Labute approximate surface area is 127 Å². The molecule has 114 valence electrons. The van der Waals surface area contributed by atoms with Crippen LogP contribution in [0, 0.1) is 5.92 Å². The predicted octanol–water partition coefficient (Wildman–Crippen LogP) is 2.70. The molecule has 0 aromatic rings. The van der Waals surface area contributed by atoms with Gasteiger partial charge in [-0.15, -0.1) is 0 Å². The van der Waals surface area contributed by atoms with E-state index in [0.717, 1.165) is 12.2 Å². The van der Waals surface area contributed by atoms with Gasteiger partial charge in [0.15, 0.2) is 0 Å². The van der Waals surface area contributed by atoms with Gasteiger partial charge in [-0.1, -0.05) is 13.3 Å². The zero-order chi connectivity index (χ0) is 13.9. The summed E-state index contributed by atoms with van der Waals surface area (Å²) < 4.78 is 0. The van der Waals surface area contributed by atoms with Crippen LogP contribution in [-0.4, -0.2) is 35.0 Å².